The molecule has 1 fully saturated rings. The van der Waals surface area contributed by atoms with Crippen molar-refractivity contribution in [1.82, 2.24) is 24.2 Å². The summed E-state index contributed by atoms with van der Waals surface area (Å²) in [4.78, 5) is 38.8. The van der Waals surface area contributed by atoms with Crippen molar-refractivity contribution in [3.8, 4) is 16.9 Å². The molecule has 1 atom stereocenters. The van der Waals surface area contributed by atoms with E-state index in [-0.39, 0.29) is 42.0 Å². The molecule has 5 rings (SSSR count). The minimum Gasteiger partial charge on any atom is -0.434 e. The van der Waals surface area contributed by atoms with E-state index in [1.807, 2.05) is 44.7 Å². The summed E-state index contributed by atoms with van der Waals surface area (Å²) in [5.41, 5.74) is 2.15. The van der Waals surface area contributed by atoms with Gasteiger partial charge in [-0.2, -0.15) is 8.78 Å². The lowest BCUT2D eigenvalue weighted by Gasteiger charge is -2.40. The van der Waals surface area contributed by atoms with Crippen molar-refractivity contribution in [2.75, 3.05) is 31.1 Å². The SMILES string of the molecule is CC1CN(c2ncc(-c3ccc4c(=O)n(C)n(Cc5ccccc5OC(F)F)c4c3)cn2)CCN1C(=O)COC(C)(C)C. The van der Waals surface area contributed by atoms with Crippen LogP contribution in [0.3, 0.4) is 0 Å². The third-order valence-electron chi connectivity index (χ3n) is 7.50. The zero-order chi connectivity index (χ0) is 30.9. The lowest BCUT2D eigenvalue weighted by Crippen LogP contribution is -2.55. The molecule has 12 heteroatoms. The van der Waals surface area contributed by atoms with Gasteiger partial charge in [-0.15, -0.1) is 0 Å². The number of alkyl halides is 2. The van der Waals surface area contributed by atoms with Crippen LogP contribution in [0.15, 0.2) is 59.7 Å². The van der Waals surface area contributed by atoms with Crippen molar-refractivity contribution >= 4 is 22.8 Å². The Morgan fingerprint density at radius 2 is 1.79 bits per heavy atom. The number of rotatable bonds is 8. The average Bonchev–Trinajstić information content (AvgIpc) is 3.20. The Bertz CT molecular complexity index is 1660. The van der Waals surface area contributed by atoms with E-state index >= 15 is 0 Å². The Kier molecular flexibility index (Phi) is 8.50. The van der Waals surface area contributed by atoms with Gasteiger partial charge in [0.25, 0.3) is 5.56 Å². The predicted octanol–water partition coefficient (Wildman–Crippen LogP) is 4.30. The van der Waals surface area contributed by atoms with E-state index in [9.17, 15) is 18.4 Å². The number of piperazine rings is 1. The number of benzene rings is 2. The number of ether oxygens (including phenoxy) is 2. The molecule has 3 heterocycles. The molecule has 0 saturated carbocycles. The first-order valence-corrected chi connectivity index (χ1v) is 14.1. The third-order valence-corrected chi connectivity index (χ3v) is 7.50. The molecule has 4 aromatic rings. The lowest BCUT2D eigenvalue weighted by atomic mass is 10.1. The summed E-state index contributed by atoms with van der Waals surface area (Å²) in [6.07, 6.45) is 3.47. The van der Waals surface area contributed by atoms with Gasteiger partial charge in [0.05, 0.1) is 23.0 Å². The van der Waals surface area contributed by atoms with Crippen LogP contribution in [0.25, 0.3) is 22.0 Å². The van der Waals surface area contributed by atoms with Gasteiger partial charge in [-0.05, 0) is 51.5 Å². The smallest absolute Gasteiger partial charge is 0.387 e. The lowest BCUT2D eigenvalue weighted by molar-refractivity contribution is -0.143. The Morgan fingerprint density at radius 3 is 2.47 bits per heavy atom. The summed E-state index contributed by atoms with van der Waals surface area (Å²) in [6, 6.07) is 12.0. The maximum absolute atomic E-state index is 13.0. The second-order valence-corrected chi connectivity index (χ2v) is 11.7. The van der Waals surface area contributed by atoms with E-state index < -0.39 is 6.61 Å². The fourth-order valence-corrected chi connectivity index (χ4v) is 5.25. The average molecular weight is 595 g/mol. The molecule has 43 heavy (non-hydrogen) atoms. The van der Waals surface area contributed by atoms with Crippen molar-refractivity contribution in [3.05, 3.63) is 70.8 Å². The molecule has 228 valence electrons. The predicted molar refractivity (Wildman–Crippen MR) is 159 cm³/mol. The summed E-state index contributed by atoms with van der Waals surface area (Å²) in [5, 5.41) is 0.505. The molecule has 0 radical (unpaired) electrons. The van der Waals surface area contributed by atoms with Gasteiger partial charge in [-0.3, -0.25) is 19.0 Å². The Hall–Kier alpha value is -4.32. The van der Waals surface area contributed by atoms with Gasteiger partial charge in [0.2, 0.25) is 11.9 Å². The second-order valence-electron chi connectivity index (χ2n) is 11.7. The minimum absolute atomic E-state index is 0.0264. The minimum atomic E-state index is -2.96. The molecular weight excluding hydrogens is 558 g/mol. The van der Waals surface area contributed by atoms with Gasteiger partial charge in [-0.1, -0.05) is 24.3 Å². The van der Waals surface area contributed by atoms with Crippen LogP contribution in [0.2, 0.25) is 0 Å². The van der Waals surface area contributed by atoms with Crippen molar-refractivity contribution in [3.63, 3.8) is 0 Å². The van der Waals surface area contributed by atoms with Gasteiger partial charge in [-0.25, -0.2) is 9.97 Å². The first kappa shape index (κ1) is 30.1. The van der Waals surface area contributed by atoms with Crippen LogP contribution in [0.1, 0.15) is 33.3 Å². The maximum Gasteiger partial charge on any atom is 0.387 e. The monoisotopic (exact) mass is 594 g/mol. The number of carbonyl (C=O) groups excluding carboxylic acids is 1. The van der Waals surface area contributed by atoms with Crippen LogP contribution in [-0.2, 0) is 23.1 Å². The molecule has 1 unspecified atom stereocenters. The van der Waals surface area contributed by atoms with Gasteiger partial charge in [0.15, 0.2) is 0 Å². The van der Waals surface area contributed by atoms with Gasteiger partial charge >= 0.3 is 6.61 Å². The fourth-order valence-electron chi connectivity index (χ4n) is 5.25. The summed E-state index contributed by atoms with van der Waals surface area (Å²) < 4.78 is 39.5. The molecule has 1 saturated heterocycles. The number of fused-ring (bicyclic) bond motifs is 1. The molecule has 0 bridgehead atoms. The van der Waals surface area contributed by atoms with E-state index in [1.54, 1.807) is 48.4 Å². The summed E-state index contributed by atoms with van der Waals surface area (Å²) in [7, 11) is 1.64. The number of nitrogens with zero attached hydrogens (tertiary/aromatic N) is 6. The quantitative estimate of drug-likeness (QED) is 0.300. The van der Waals surface area contributed by atoms with E-state index in [1.165, 1.54) is 10.7 Å². The molecular formula is C31H36F2N6O4. The van der Waals surface area contributed by atoms with Crippen molar-refractivity contribution in [2.45, 2.75) is 52.5 Å². The molecule has 0 spiro atoms. The number of hydrogen-bond donors (Lipinski definition) is 0. The van der Waals surface area contributed by atoms with Crippen LogP contribution in [0.4, 0.5) is 14.7 Å². The third kappa shape index (κ3) is 6.69. The van der Waals surface area contributed by atoms with E-state index in [0.29, 0.717) is 42.0 Å². The second kappa shape index (κ2) is 12.1. The highest BCUT2D eigenvalue weighted by Crippen LogP contribution is 2.27. The van der Waals surface area contributed by atoms with E-state index in [0.717, 1.165) is 11.1 Å². The topological polar surface area (TPSA) is 94.7 Å². The van der Waals surface area contributed by atoms with Crippen molar-refractivity contribution in [2.24, 2.45) is 7.05 Å². The molecule has 2 aromatic carbocycles. The molecule has 10 nitrogen and oxygen atoms in total. The number of halogens is 2. The maximum atomic E-state index is 13.0. The highest BCUT2D eigenvalue weighted by molar-refractivity contribution is 5.84. The highest BCUT2D eigenvalue weighted by atomic mass is 19.3. The van der Waals surface area contributed by atoms with Crippen LogP contribution in [0, 0.1) is 0 Å². The largest absolute Gasteiger partial charge is 0.434 e. The van der Waals surface area contributed by atoms with E-state index in [2.05, 4.69) is 14.9 Å². The number of hydrogen-bond acceptors (Lipinski definition) is 7. The number of carbonyl (C=O) groups is 1. The van der Waals surface area contributed by atoms with Crippen molar-refractivity contribution in [1.29, 1.82) is 0 Å². The summed E-state index contributed by atoms with van der Waals surface area (Å²) in [5.74, 6) is 0.602. The van der Waals surface area contributed by atoms with Gasteiger partial charge < -0.3 is 19.3 Å². The number of amides is 1. The summed E-state index contributed by atoms with van der Waals surface area (Å²) in [6.45, 7) is 6.78. The standard InChI is InChI=1S/C31H36F2N6O4/c1-20-17-37(12-13-38(20)27(40)19-42-31(2,3)4)30-34-15-23(16-35-30)21-10-11-24-25(14-21)39(36(5)28(24)41)18-22-8-6-7-9-26(22)43-29(32)33/h6-11,14-16,20,29H,12-13,17-19H2,1-5H3. The normalized spacial score (nSPS) is 15.9. The molecule has 0 N–H and O–H groups in total. The first-order chi connectivity index (χ1) is 20.4. The number of para-hydroxylation sites is 1. The number of aromatic nitrogens is 4. The highest BCUT2D eigenvalue weighted by Gasteiger charge is 2.29. The van der Waals surface area contributed by atoms with Gasteiger partial charge in [0, 0.05) is 56.2 Å². The van der Waals surface area contributed by atoms with Crippen molar-refractivity contribution < 1.29 is 23.0 Å². The van der Waals surface area contributed by atoms with Gasteiger partial charge in [0.1, 0.15) is 12.4 Å². The molecule has 1 aliphatic rings. The van der Waals surface area contributed by atoms with Crippen LogP contribution in [0.5, 0.6) is 5.75 Å². The fraction of sp³-hybridized carbons (Fsp3) is 0.419. The first-order valence-electron chi connectivity index (χ1n) is 14.1. The molecule has 1 aliphatic heterocycles. The Balaban J connectivity index is 1.34. The Labute approximate surface area is 248 Å². The van der Waals surface area contributed by atoms with Crippen LogP contribution >= 0.6 is 0 Å². The zero-order valence-electron chi connectivity index (χ0n) is 25.0. The molecule has 0 aliphatic carbocycles. The van der Waals surface area contributed by atoms with E-state index in [4.69, 9.17) is 9.47 Å². The number of anilines is 1. The zero-order valence-corrected chi connectivity index (χ0v) is 25.0. The molecule has 2 aromatic heterocycles. The summed E-state index contributed by atoms with van der Waals surface area (Å²) >= 11 is 0. The Morgan fingerprint density at radius 1 is 1.07 bits per heavy atom. The molecule has 1 amide bonds. The van der Waals surface area contributed by atoms with Crippen LogP contribution in [-0.4, -0.2) is 74.6 Å². The van der Waals surface area contributed by atoms with Crippen LogP contribution < -0.4 is 15.2 Å².